The lowest BCUT2D eigenvalue weighted by atomic mass is 10.2. The zero-order valence-corrected chi connectivity index (χ0v) is 14.4. The van der Waals surface area contributed by atoms with Crippen LogP contribution in [0.3, 0.4) is 0 Å². The average Bonchev–Trinajstić information content (AvgIpc) is 2.82. The Hall–Kier alpha value is -1.12. The molecular formula is C13H22N2O4S2. The fourth-order valence-electron chi connectivity index (χ4n) is 1.81. The minimum Gasteiger partial charge on any atom is -0.396 e. The van der Waals surface area contributed by atoms with E-state index in [9.17, 15) is 13.2 Å². The van der Waals surface area contributed by atoms with Gasteiger partial charge in [-0.15, -0.1) is 11.3 Å². The molecule has 0 saturated carbocycles. The van der Waals surface area contributed by atoms with Gasteiger partial charge >= 0.3 is 0 Å². The number of thiophene rings is 1. The third-order valence-electron chi connectivity index (χ3n) is 3.13. The highest BCUT2D eigenvalue weighted by Crippen LogP contribution is 2.42. The number of nitrogen functional groups attached to an aromatic ring is 1. The van der Waals surface area contributed by atoms with Crippen molar-refractivity contribution in [2.24, 2.45) is 0 Å². The smallest absolute Gasteiger partial charge is 0.183 e. The number of carbonyl (C=O) groups excluding carboxylic acids is 1. The molecule has 1 heterocycles. The topological polar surface area (TPSA) is 89.7 Å². The van der Waals surface area contributed by atoms with E-state index in [0.717, 1.165) is 11.3 Å². The monoisotopic (exact) mass is 334 g/mol. The van der Waals surface area contributed by atoms with Gasteiger partial charge in [0.05, 0.1) is 22.9 Å². The molecule has 0 aromatic carbocycles. The molecule has 0 radical (unpaired) electrons. The molecule has 8 heteroatoms. The Morgan fingerprint density at radius 2 is 2.00 bits per heavy atom. The summed E-state index contributed by atoms with van der Waals surface area (Å²) >= 11 is 1.14. The van der Waals surface area contributed by atoms with Crippen molar-refractivity contribution in [1.29, 1.82) is 0 Å². The Morgan fingerprint density at radius 1 is 1.38 bits per heavy atom. The Kier molecular flexibility index (Phi) is 6.18. The predicted molar refractivity (Wildman–Crippen MR) is 86.2 cm³/mol. The Balaban J connectivity index is 3.44. The quantitative estimate of drug-likeness (QED) is 0.729. The fraction of sp³-hybridized carbons (Fsp3) is 0.615. The van der Waals surface area contributed by atoms with Crippen LogP contribution in [-0.2, 0) is 14.6 Å². The highest BCUT2D eigenvalue weighted by atomic mass is 32.2. The number of sulfone groups is 1. The van der Waals surface area contributed by atoms with Crippen LogP contribution >= 0.6 is 11.3 Å². The summed E-state index contributed by atoms with van der Waals surface area (Å²) in [7, 11) is -0.161. The summed E-state index contributed by atoms with van der Waals surface area (Å²) in [5, 5.41) is 0.503. The third-order valence-corrected chi connectivity index (χ3v) is 6.41. The van der Waals surface area contributed by atoms with Gasteiger partial charge in [-0.25, -0.2) is 8.42 Å². The Bertz CT molecular complexity index is 608. The number of Topliss-reactive ketones (excluding diaryl/α,β-unsaturated/α-hetero) is 1. The number of ether oxygens (including phenoxy) is 1. The number of rotatable bonds is 8. The van der Waals surface area contributed by atoms with Crippen molar-refractivity contribution in [3.63, 3.8) is 0 Å². The van der Waals surface area contributed by atoms with Crippen LogP contribution in [0.4, 0.5) is 10.7 Å². The minimum absolute atomic E-state index is 0.0567. The Labute approximate surface area is 129 Å². The lowest BCUT2D eigenvalue weighted by Gasteiger charge is -2.18. The highest BCUT2D eigenvalue weighted by Gasteiger charge is 2.29. The van der Waals surface area contributed by atoms with Crippen LogP contribution in [0.25, 0.3) is 0 Å². The van der Waals surface area contributed by atoms with E-state index in [-0.39, 0.29) is 28.5 Å². The normalized spacial score (nSPS) is 11.6. The number of ketones is 1. The van der Waals surface area contributed by atoms with Crippen molar-refractivity contribution in [1.82, 2.24) is 0 Å². The molecule has 0 saturated heterocycles. The molecule has 1 aromatic rings. The van der Waals surface area contributed by atoms with E-state index in [4.69, 9.17) is 10.5 Å². The van der Waals surface area contributed by atoms with Gasteiger partial charge in [-0.2, -0.15) is 0 Å². The van der Waals surface area contributed by atoms with Gasteiger partial charge in [-0.3, -0.25) is 4.79 Å². The van der Waals surface area contributed by atoms with Crippen LogP contribution in [0, 0.1) is 0 Å². The summed E-state index contributed by atoms with van der Waals surface area (Å²) in [4.78, 5) is 14.1. The fourth-order valence-corrected chi connectivity index (χ4v) is 4.64. The van der Waals surface area contributed by atoms with Crippen LogP contribution in [0.1, 0.15) is 29.9 Å². The molecule has 0 spiro atoms. The molecule has 0 aliphatic carbocycles. The van der Waals surface area contributed by atoms with Gasteiger partial charge in [0.15, 0.2) is 15.6 Å². The van der Waals surface area contributed by atoms with E-state index < -0.39 is 9.84 Å². The van der Waals surface area contributed by atoms with Gasteiger partial charge in [-0.1, -0.05) is 13.8 Å². The predicted octanol–water partition coefficient (Wildman–Crippen LogP) is 1.80. The molecule has 21 heavy (non-hydrogen) atoms. The molecule has 6 nitrogen and oxygen atoms in total. The summed E-state index contributed by atoms with van der Waals surface area (Å²) in [5.74, 6) is -0.199. The van der Waals surface area contributed by atoms with Crippen molar-refractivity contribution < 1.29 is 17.9 Å². The second-order valence-electron chi connectivity index (χ2n) is 4.57. The molecule has 0 aliphatic rings. The number of nitrogens with two attached hydrogens (primary N) is 1. The van der Waals surface area contributed by atoms with E-state index in [1.807, 2.05) is 0 Å². The first-order valence-corrected chi connectivity index (χ1v) is 9.15. The summed E-state index contributed by atoms with van der Waals surface area (Å²) in [6, 6.07) is 0. The third kappa shape index (κ3) is 3.75. The van der Waals surface area contributed by atoms with Crippen LogP contribution in [0.5, 0.6) is 0 Å². The average molecular weight is 334 g/mol. The van der Waals surface area contributed by atoms with Gasteiger partial charge in [-0.05, 0) is 0 Å². The van der Waals surface area contributed by atoms with Crippen molar-refractivity contribution in [3.8, 4) is 0 Å². The standard InChI is InChI=1S/C13H22N2O4S2/c1-5-9(16)11-10(14)12(21(17,18)6-2)13(20-11)15(3)7-8-19-4/h5-8,14H2,1-4H3. The zero-order valence-electron chi connectivity index (χ0n) is 12.8. The molecule has 1 aromatic heterocycles. The lowest BCUT2D eigenvalue weighted by molar-refractivity contribution is 0.0992. The number of nitrogens with zero attached hydrogens (tertiary/aromatic N) is 1. The number of anilines is 2. The maximum atomic E-state index is 12.3. The Morgan fingerprint density at radius 3 is 2.48 bits per heavy atom. The highest BCUT2D eigenvalue weighted by molar-refractivity contribution is 7.92. The van der Waals surface area contributed by atoms with Crippen LogP contribution in [-0.4, -0.2) is 47.3 Å². The summed E-state index contributed by atoms with van der Waals surface area (Å²) in [6.45, 7) is 4.26. The van der Waals surface area contributed by atoms with Gasteiger partial charge in [0.25, 0.3) is 0 Å². The first-order valence-electron chi connectivity index (χ1n) is 6.68. The van der Waals surface area contributed by atoms with Crippen LogP contribution < -0.4 is 10.6 Å². The van der Waals surface area contributed by atoms with Gasteiger partial charge in [0.2, 0.25) is 0 Å². The number of methoxy groups -OCH3 is 1. The van der Waals surface area contributed by atoms with Crippen molar-refractivity contribution in [2.75, 3.05) is 43.7 Å². The molecule has 0 bridgehead atoms. The van der Waals surface area contributed by atoms with Crippen molar-refractivity contribution >= 4 is 37.6 Å². The van der Waals surface area contributed by atoms with Gasteiger partial charge < -0.3 is 15.4 Å². The van der Waals surface area contributed by atoms with E-state index in [1.54, 1.807) is 32.9 Å². The molecular weight excluding hydrogens is 312 g/mol. The molecule has 0 amide bonds. The largest absolute Gasteiger partial charge is 0.396 e. The molecule has 2 N–H and O–H groups in total. The molecule has 1 rings (SSSR count). The van der Waals surface area contributed by atoms with Crippen LogP contribution in [0.15, 0.2) is 4.90 Å². The second-order valence-corrected chi connectivity index (χ2v) is 7.79. The summed E-state index contributed by atoms with van der Waals surface area (Å²) in [6.07, 6.45) is 0.289. The molecule has 120 valence electrons. The SMILES string of the molecule is CCC(=O)c1sc(N(C)CCOC)c(S(=O)(=O)CC)c1N. The second kappa shape index (κ2) is 7.24. The molecule has 0 unspecified atom stereocenters. The maximum Gasteiger partial charge on any atom is 0.183 e. The van der Waals surface area contributed by atoms with E-state index in [2.05, 4.69) is 0 Å². The number of carbonyl (C=O) groups is 1. The molecule has 0 fully saturated rings. The van der Waals surface area contributed by atoms with Crippen molar-refractivity contribution in [2.45, 2.75) is 25.2 Å². The minimum atomic E-state index is -3.50. The zero-order chi connectivity index (χ0) is 16.2. The van der Waals surface area contributed by atoms with Crippen LogP contribution in [0.2, 0.25) is 0 Å². The molecule has 0 aliphatic heterocycles. The molecule has 0 atom stereocenters. The first kappa shape index (κ1) is 17.9. The van der Waals surface area contributed by atoms with Gasteiger partial charge in [0, 0.05) is 27.1 Å². The van der Waals surface area contributed by atoms with E-state index in [1.165, 1.54) is 0 Å². The number of likely N-dealkylation sites (N-methyl/N-ethyl adjacent to an activating group) is 1. The van der Waals surface area contributed by atoms with E-state index in [0.29, 0.717) is 23.0 Å². The van der Waals surface area contributed by atoms with Gasteiger partial charge in [0.1, 0.15) is 9.90 Å². The van der Waals surface area contributed by atoms with E-state index >= 15 is 0 Å². The lowest BCUT2D eigenvalue weighted by Crippen LogP contribution is -2.23. The number of hydrogen-bond donors (Lipinski definition) is 1. The first-order chi connectivity index (χ1) is 9.80. The summed E-state index contributed by atoms with van der Waals surface area (Å²) < 4.78 is 29.6. The number of hydrogen-bond acceptors (Lipinski definition) is 7. The van der Waals surface area contributed by atoms with Crippen molar-refractivity contribution in [3.05, 3.63) is 4.88 Å². The maximum absolute atomic E-state index is 12.3. The summed E-state index contributed by atoms with van der Waals surface area (Å²) in [5.41, 5.74) is 6.04.